The lowest BCUT2D eigenvalue weighted by Gasteiger charge is -2.29. The number of hydrogen-bond donors (Lipinski definition) is 3. The van der Waals surface area contributed by atoms with Gasteiger partial charge in [-0.2, -0.15) is 0 Å². The van der Waals surface area contributed by atoms with Crippen molar-refractivity contribution < 1.29 is 0 Å². The van der Waals surface area contributed by atoms with Crippen molar-refractivity contribution in [3.05, 3.63) is 0 Å². The summed E-state index contributed by atoms with van der Waals surface area (Å²) in [6.07, 6.45) is 0.178. The van der Waals surface area contributed by atoms with Crippen LogP contribution in [0.4, 0.5) is 0 Å². The van der Waals surface area contributed by atoms with E-state index in [9.17, 15) is 0 Å². The molecule has 0 fully saturated rings. The van der Waals surface area contributed by atoms with Gasteiger partial charge in [-0.15, -0.1) is 0 Å². The lowest BCUT2D eigenvalue weighted by molar-refractivity contribution is 0.239. The monoisotopic (exact) mass is 131 g/mol. The van der Waals surface area contributed by atoms with Crippen molar-refractivity contribution in [1.29, 1.82) is 0 Å². The zero-order valence-electron chi connectivity index (χ0n) is 6.65. The van der Waals surface area contributed by atoms with Crippen molar-refractivity contribution in [3.63, 3.8) is 0 Å². The minimum Gasteiger partial charge on any atom is -0.304 e. The van der Waals surface area contributed by atoms with Crippen LogP contribution in [-0.4, -0.2) is 13.2 Å². The van der Waals surface area contributed by atoms with Gasteiger partial charge >= 0.3 is 0 Å². The number of nitrogens with two attached hydrogens (primary N) is 1. The molecule has 0 saturated heterocycles. The summed E-state index contributed by atoms with van der Waals surface area (Å²) in [6, 6.07) is 0. The molecule has 1 atom stereocenters. The van der Waals surface area contributed by atoms with Crippen LogP contribution >= 0.6 is 0 Å². The summed E-state index contributed by atoms with van der Waals surface area (Å²) in [5.74, 6) is 5.26. The summed E-state index contributed by atoms with van der Waals surface area (Å²) in [6.45, 7) is 6.36. The van der Waals surface area contributed by atoms with Crippen LogP contribution in [0.1, 0.15) is 20.8 Å². The normalized spacial score (nSPS) is 15.7. The van der Waals surface area contributed by atoms with E-state index in [0.29, 0.717) is 0 Å². The van der Waals surface area contributed by atoms with Crippen LogP contribution in [0, 0.1) is 5.41 Å². The van der Waals surface area contributed by atoms with E-state index in [1.165, 1.54) is 0 Å². The molecule has 0 spiro atoms. The van der Waals surface area contributed by atoms with Gasteiger partial charge < -0.3 is 5.32 Å². The van der Waals surface area contributed by atoms with Gasteiger partial charge in [-0.25, -0.2) is 5.43 Å². The second kappa shape index (κ2) is 3.15. The van der Waals surface area contributed by atoms with Gasteiger partial charge in [0.25, 0.3) is 0 Å². The maximum atomic E-state index is 5.26. The van der Waals surface area contributed by atoms with Crippen molar-refractivity contribution in [2.24, 2.45) is 11.3 Å². The molecule has 0 aromatic carbocycles. The van der Waals surface area contributed by atoms with Crippen LogP contribution in [0.3, 0.4) is 0 Å². The van der Waals surface area contributed by atoms with Gasteiger partial charge in [-0.1, -0.05) is 20.8 Å². The highest BCUT2D eigenvalue weighted by Gasteiger charge is 2.20. The fourth-order valence-corrected chi connectivity index (χ4v) is 0.766. The molecular weight excluding hydrogens is 114 g/mol. The SMILES string of the molecule is CNC(NN)C(C)(C)C. The molecule has 9 heavy (non-hydrogen) atoms. The third-order valence-electron chi connectivity index (χ3n) is 1.32. The third kappa shape index (κ3) is 2.79. The molecule has 1 unspecified atom stereocenters. The molecule has 0 aliphatic carbocycles. The fraction of sp³-hybridized carbons (Fsp3) is 1.00. The Labute approximate surface area is 57.0 Å². The molecule has 0 heterocycles. The molecule has 0 rings (SSSR count). The van der Waals surface area contributed by atoms with Crippen molar-refractivity contribution in [2.45, 2.75) is 26.9 Å². The van der Waals surface area contributed by atoms with Crippen LogP contribution in [0.25, 0.3) is 0 Å². The van der Waals surface area contributed by atoms with Crippen molar-refractivity contribution in [1.82, 2.24) is 10.7 Å². The predicted octanol–water partition coefficient (Wildman–Crippen LogP) is 0.0413. The van der Waals surface area contributed by atoms with E-state index < -0.39 is 0 Å². The summed E-state index contributed by atoms with van der Waals surface area (Å²) < 4.78 is 0. The molecule has 0 saturated carbocycles. The molecule has 3 nitrogen and oxygen atoms in total. The van der Waals surface area contributed by atoms with Crippen LogP contribution in [0.2, 0.25) is 0 Å². The van der Waals surface area contributed by atoms with Crippen LogP contribution < -0.4 is 16.6 Å². The first kappa shape index (κ1) is 8.88. The zero-order valence-corrected chi connectivity index (χ0v) is 6.65. The van der Waals surface area contributed by atoms with E-state index in [1.54, 1.807) is 0 Å². The Balaban J connectivity index is 3.79. The van der Waals surface area contributed by atoms with Gasteiger partial charge in [0, 0.05) is 0 Å². The van der Waals surface area contributed by atoms with Gasteiger partial charge in [0.05, 0.1) is 6.17 Å². The van der Waals surface area contributed by atoms with E-state index in [-0.39, 0.29) is 11.6 Å². The van der Waals surface area contributed by atoms with Crippen molar-refractivity contribution in [2.75, 3.05) is 7.05 Å². The lowest BCUT2D eigenvalue weighted by Crippen LogP contribution is -2.52. The smallest absolute Gasteiger partial charge is 0.0748 e. The average Bonchev–Trinajstić information content (AvgIpc) is 1.65. The van der Waals surface area contributed by atoms with Gasteiger partial charge in [0.1, 0.15) is 0 Å². The number of hydrazine groups is 1. The molecule has 0 aliphatic rings. The maximum absolute atomic E-state index is 5.26. The fourth-order valence-electron chi connectivity index (χ4n) is 0.766. The van der Waals surface area contributed by atoms with E-state index in [2.05, 4.69) is 31.5 Å². The van der Waals surface area contributed by atoms with Gasteiger partial charge in [-0.05, 0) is 12.5 Å². The first-order chi connectivity index (χ1) is 4.02. The maximum Gasteiger partial charge on any atom is 0.0748 e. The highest BCUT2D eigenvalue weighted by molar-refractivity contribution is 4.74. The minimum atomic E-state index is 0.170. The Morgan fingerprint density at radius 2 is 1.78 bits per heavy atom. The summed E-state index contributed by atoms with van der Waals surface area (Å²) in [7, 11) is 1.88. The van der Waals surface area contributed by atoms with E-state index >= 15 is 0 Å². The second-order valence-corrected chi connectivity index (χ2v) is 3.25. The van der Waals surface area contributed by atoms with Crippen LogP contribution in [-0.2, 0) is 0 Å². The Kier molecular flexibility index (Phi) is 3.11. The van der Waals surface area contributed by atoms with Crippen LogP contribution in [0.5, 0.6) is 0 Å². The second-order valence-electron chi connectivity index (χ2n) is 3.25. The highest BCUT2D eigenvalue weighted by Crippen LogP contribution is 2.15. The van der Waals surface area contributed by atoms with Crippen LogP contribution in [0.15, 0.2) is 0 Å². The van der Waals surface area contributed by atoms with Gasteiger partial charge in [0.2, 0.25) is 0 Å². The summed E-state index contributed by atoms with van der Waals surface area (Å²) >= 11 is 0. The van der Waals surface area contributed by atoms with E-state index in [1.807, 2.05) is 7.05 Å². The Hall–Kier alpha value is -0.120. The molecule has 0 aliphatic heterocycles. The first-order valence-corrected chi connectivity index (χ1v) is 3.15. The number of nitrogens with one attached hydrogen (secondary N) is 2. The minimum absolute atomic E-state index is 0.170. The Morgan fingerprint density at radius 3 is 1.78 bits per heavy atom. The molecule has 56 valence electrons. The molecule has 0 aromatic heterocycles. The molecular formula is C6H17N3. The number of rotatable bonds is 2. The standard InChI is InChI=1S/C6H17N3/c1-6(2,3)5(8-4)9-7/h5,8-9H,7H2,1-4H3. The molecule has 0 bridgehead atoms. The Bertz CT molecular complexity index is 70.9. The summed E-state index contributed by atoms with van der Waals surface area (Å²) in [4.78, 5) is 0. The number of hydrogen-bond acceptors (Lipinski definition) is 3. The summed E-state index contributed by atoms with van der Waals surface area (Å²) in [5, 5.41) is 3.06. The molecule has 0 radical (unpaired) electrons. The quantitative estimate of drug-likeness (QED) is 0.282. The largest absolute Gasteiger partial charge is 0.304 e. The van der Waals surface area contributed by atoms with E-state index in [4.69, 9.17) is 5.84 Å². The van der Waals surface area contributed by atoms with E-state index in [0.717, 1.165) is 0 Å². The summed E-state index contributed by atoms with van der Waals surface area (Å²) in [5.41, 5.74) is 2.85. The third-order valence-corrected chi connectivity index (χ3v) is 1.32. The topological polar surface area (TPSA) is 50.1 Å². The molecule has 4 N–H and O–H groups in total. The first-order valence-electron chi connectivity index (χ1n) is 3.15. The molecule has 0 aromatic rings. The highest BCUT2D eigenvalue weighted by atomic mass is 15.3. The predicted molar refractivity (Wildman–Crippen MR) is 39.6 cm³/mol. The van der Waals surface area contributed by atoms with Gasteiger partial charge in [-0.3, -0.25) is 5.84 Å². The zero-order chi connectivity index (χ0) is 7.49. The molecule has 3 heteroatoms. The average molecular weight is 131 g/mol. The van der Waals surface area contributed by atoms with Crippen molar-refractivity contribution >= 4 is 0 Å². The Morgan fingerprint density at radius 1 is 1.33 bits per heavy atom. The van der Waals surface area contributed by atoms with Crippen molar-refractivity contribution in [3.8, 4) is 0 Å². The molecule has 0 amide bonds. The lowest BCUT2D eigenvalue weighted by atomic mass is 9.93. The van der Waals surface area contributed by atoms with Gasteiger partial charge in [0.15, 0.2) is 0 Å².